The quantitative estimate of drug-likeness (QED) is 0.868. The number of nitrogens with zero attached hydrogens (tertiary/aromatic N) is 2. The first-order valence-electron chi connectivity index (χ1n) is 8.75. The Morgan fingerprint density at radius 3 is 2.83 bits per heavy atom. The number of hydrogen-bond donors (Lipinski definition) is 2. The molecule has 1 atom stereocenters. The van der Waals surface area contributed by atoms with E-state index >= 15 is 0 Å². The third-order valence-corrected chi connectivity index (χ3v) is 4.85. The Balaban J connectivity index is 1.44. The highest BCUT2D eigenvalue weighted by Crippen LogP contribution is 2.18. The van der Waals surface area contributed by atoms with Crippen LogP contribution in [-0.2, 0) is 17.8 Å². The van der Waals surface area contributed by atoms with Gasteiger partial charge in [0.05, 0.1) is 0 Å². The van der Waals surface area contributed by atoms with Crippen LogP contribution < -0.4 is 10.6 Å². The minimum Gasteiger partial charge on any atom is -0.337 e. The summed E-state index contributed by atoms with van der Waals surface area (Å²) in [6.07, 6.45) is 1.25. The number of benzene rings is 1. The molecule has 2 heterocycles. The Hall–Kier alpha value is -2.08. The SMILES string of the molecule is CC1CNCCN1C(=O)CCNC(=O)N1CCc2ccccc2C1. The van der Waals surface area contributed by atoms with E-state index in [4.69, 9.17) is 0 Å². The summed E-state index contributed by atoms with van der Waals surface area (Å²) in [4.78, 5) is 28.3. The number of fused-ring (bicyclic) bond motifs is 1. The smallest absolute Gasteiger partial charge is 0.317 e. The van der Waals surface area contributed by atoms with Gasteiger partial charge in [0.25, 0.3) is 0 Å². The zero-order valence-corrected chi connectivity index (χ0v) is 14.3. The van der Waals surface area contributed by atoms with E-state index in [2.05, 4.69) is 22.8 Å². The number of urea groups is 1. The average molecular weight is 330 g/mol. The molecule has 0 radical (unpaired) electrons. The van der Waals surface area contributed by atoms with E-state index in [9.17, 15) is 9.59 Å². The van der Waals surface area contributed by atoms with Crippen molar-refractivity contribution in [1.29, 1.82) is 0 Å². The number of nitrogens with one attached hydrogen (secondary N) is 2. The van der Waals surface area contributed by atoms with E-state index in [0.29, 0.717) is 19.5 Å². The molecule has 1 aromatic rings. The first-order chi connectivity index (χ1) is 11.6. The van der Waals surface area contributed by atoms with Crippen LogP contribution in [0.3, 0.4) is 0 Å². The molecule has 3 rings (SSSR count). The van der Waals surface area contributed by atoms with Crippen molar-refractivity contribution < 1.29 is 9.59 Å². The second-order valence-corrected chi connectivity index (χ2v) is 6.56. The van der Waals surface area contributed by atoms with Gasteiger partial charge in [-0.25, -0.2) is 4.79 Å². The molecular formula is C18H26N4O2. The highest BCUT2D eigenvalue weighted by molar-refractivity contribution is 5.79. The van der Waals surface area contributed by atoms with E-state index in [0.717, 1.165) is 32.6 Å². The van der Waals surface area contributed by atoms with E-state index in [1.54, 1.807) is 0 Å². The highest BCUT2D eigenvalue weighted by Gasteiger charge is 2.23. The van der Waals surface area contributed by atoms with Crippen molar-refractivity contribution in [3.8, 4) is 0 Å². The van der Waals surface area contributed by atoms with Crippen molar-refractivity contribution in [2.24, 2.45) is 0 Å². The molecule has 3 amide bonds. The summed E-state index contributed by atoms with van der Waals surface area (Å²) in [7, 11) is 0. The second-order valence-electron chi connectivity index (χ2n) is 6.56. The number of hydrogen-bond acceptors (Lipinski definition) is 3. The number of carbonyl (C=O) groups is 2. The van der Waals surface area contributed by atoms with Crippen LogP contribution in [0.2, 0.25) is 0 Å². The van der Waals surface area contributed by atoms with Gasteiger partial charge in [0.1, 0.15) is 0 Å². The first-order valence-corrected chi connectivity index (χ1v) is 8.75. The minimum absolute atomic E-state index is 0.0781. The Bertz CT molecular complexity index is 604. The maximum Gasteiger partial charge on any atom is 0.317 e. The lowest BCUT2D eigenvalue weighted by molar-refractivity contribution is -0.133. The Morgan fingerprint density at radius 2 is 2.04 bits per heavy atom. The lowest BCUT2D eigenvalue weighted by Crippen LogP contribution is -2.52. The van der Waals surface area contributed by atoms with Crippen molar-refractivity contribution in [3.05, 3.63) is 35.4 Å². The van der Waals surface area contributed by atoms with Gasteiger partial charge < -0.3 is 20.4 Å². The molecule has 1 fully saturated rings. The van der Waals surface area contributed by atoms with Crippen LogP contribution in [0.25, 0.3) is 0 Å². The van der Waals surface area contributed by atoms with Gasteiger partial charge in [0.15, 0.2) is 0 Å². The van der Waals surface area contributed by atoms with Crippen LogP contribution in [0, 0.1) is 0 Å². The predicted molar refractivity (Wildman–Crippen MR) is 92.6 cm³/mol. The molecule has 1 saturated heterocycles. The van der Waals surface area contributed by atoms with Gasteiger partial charge in [0.2, 0.25) is 5.91 Å². The zero-order chi connectivity index (χ0) is 16.9. The molecule has 0 aliphatic carbocycles. The van der Waals surface area contributed by atoms with Gasteiger partial charge in [-0.1, -0.05) is 24.3 Å². The molecule has 1 unspecified atom stereocenters. The molecule has 0 spiro atoms. The van der Waals surface area contributed by atoms with Gasteiger partial charge in [-0.3, -0.25) is 4.79 Å². The molecule has 6 heteroatoms. The van der Waals surface area contributed by atoms with Crippen LogP contribution in [0.4, 0.5) is 4.79 Å². The zero-order valence-electron chi connectivity index (χ0n) is 14.3. The van der Waals surface area contributed by atoms with E-state index in [-0.39, 0.29) is 18.0 Å². The van der Waals surface area contributed by atoms with E-state index < -0.39 is 0 Å². The van der Waals surface area contributed by atoms with Gasteiger partial charge >= 0.3 is 6.03 Å². The molecule has 2 aliphatic heterocycles. The summed E-state index contributed by atoms with van der Waals surface area (Å²) in [5.74, 6) is 0.119. The van der Waals surface area contributed by atoms with Crippen molar-refractivity contribution >= 4 is 11.9 Å². The Labute approximate surface area is 143 Å². The standard InChI is InChI=1S/C18H26N4O2/c1-14-12-19-9-11-22(14)17(23)6-8-20-18(24)21-10-7-15-4-2-3-5-16(15)13-21/h2-5,14,19H,6-13H2,1H3,(H,20,24). The monoisotopic (exact) mass is 330 g/mol. The summed E-state index contributed by atoms with van der Waals surface area (Å²) in [6.45, 7) is 6.24. The third-order valence-electron chi connectivity index (χ3n) is 4.85. The lowest BCUT2D eigenvalue weighted by Gasteiger charge is -2.34. The van der Waals surface area contributed by atoms with Gasteiger partial charge in [-0.15, -0.1) is 0 Å². The van der Waals surface area contributed by atoms with Crippen molar-refractivity contribution in [2.45, 2.75) is 32.4 Å². The van der Waals surface area contributed by atoms with E-state index in [1.807, 2.05) is 28.9 Å². The van der Waals surface area contributed by atoms with Crippen molar-refractivity contribution in [2.75, 3.05) is 32.7 Å². The fourth-order valence-electron chi connectivity index (χ4n) is 3.41. The maximum absolute atomic E-state index is 12.3. The fourth-order valence-corrected chi connectivity index (χ4v) is 3.41. The van der Waals surface area contributed by atoms with Crippen LogP contribution in [0.1, 0.15) is 24.5 Å². The Kier molecular flexibility index (Phi) is 5.35. The van der Waals surface area contributed by atoms with Crippen molar-refractivity contribution in [3.63, 3.8) is 0 Å². The molecule has 2 N–H and O–H groups in total. The fraction of sp³-hybridized carbons (Fsp3) is 0.556. The summed E-state index contributed by atoms with van der Waals surface area (Å²) in [6, 6.07) is 8.39. The van der Waals surface area contributed by atoms with Crippen molar-refractivity contribution in [1.82, 2.24) is 20.4 Å². The molecular weight excluding hydrogens is 304 g/mol. The summed E-state index contributed by atoms with van der Waals surface area (Å²) in [5.41, 5.74) is 2.54. The molecule has 24 heavy (non-hydrogen) atoms. The summed E-state index contributed by atoms with van der Waals surface area (Å²) in [5, 5.41) is 6.17. The lowest BCUT2D eigenvalue weighted by atomic mass is 10.0. The third kappa shape index (κ3) is 3.87. The topological polar surface area (TPSA) is 64.7 Å². The summed E-state index contributed by atoms with van der Waals surface area (Å²) >= 11 is 0. The van der Waals surface area contributed by atoms with Crippen LogP contribution in [0.5, 0.6) is 0 Å². The van der Waals surface area contributed by atoms with Gasteiger partial charge in [-0.05, 0) is 24.5 Å². The number of amides is 3. The molecule has 2 aliphatic rings. The highest BCUT2D eigenvalue weighted by atomic mass is 16.2. The first kappa shape index (κ1) is 16.8. The predicted octanol–water partition coefficient (Wildman–Crippen LogP) is 0.965. The number of carbonyl (C=O) groups excluding carboxylic acids is 2. The second kappa shape index (κ2) is 7.66. The number of piperazine rings is 1. The molecule has 1 aromatic carbocycles. The Morgan fingerprint density at radius 1 is 1.25 bits per heavy atom. The molecule has 0 saturated carbocycles. The average Bonchev–Trinajstić information content (AvgIpc) is 2.61. The van der Waals surface area contributed by atoms with Crippen LogP contribution >= 0.6 is 0 Å². The summed E-state index contributed by atoms with van der Waals surface area (Å²) < 4.78 is 0. The number of rotatable bonds is 3. The minimum atomic E-state index is -0.0781. The molecule has 0 bridgehead atoms. The molecule has 0 aromatic heterocycles. The molecule has 6 nitrogen and oxygen atoms in total. The van der Waals surface area contributed by atoms with Gasteiger partial charge in [-0.2, -0.15) is 0 Å². The van der Waals surface area contributed by atoms with Gasteiger partial charge in [0, 0.05) is 51.7 Å². The largest absolute Gasteiger partial charge is 0.337 e. The van der Waals surface area contributed by atoms with Crippen LogP contribution in [0.15, 0.2) is 24.3 Å². The van der Waals surface area contributed by atoms with Crippen LogP contribution in [-0.4, -0.2) is 60.5 Å². The normalized spacial score (nSPS) is 20.5. The molecule has 130 valence electrons. The maximum atomic E-state index is 12.3. The van der Waals surface area contributed by atoms with E-state index in [1.165, 1.54) is 11.1 Å².